The fraction of sp³-hybridized carbons (Fsp3) is 0. The van der Waals surface area contributed by atoms with Crippen molar-refractivity contribution in [3.05, 3.63) is 206 Å². The SMILES string of the molecule is c1ccc(-c2ccc(-c3ccc(N(c4ccc(-c5ccccc5)cc4)c4cccc5oc6c7ccccc7c(-c7nc8ccccc8o7)cc6c45)cc3)cc2)cc1. The van der Waals surface area contributed by atoms with Crippen molar-refractivity contribution in [1.29, 1.82) is 0 Å². The van der Waals surface area contributed by atoms with E-state index in [1.54, 1.807) is 0 Å². The standard InChI is InChI=1S/C53H34N2O2/c1-3-12-35(13-4-1)37-22-24-38(25-23-37)40-28-32-42(33-29-40)55(41-30-26-39(27-31-41)36-14-5-2-6-15-36)48-19-11-21-50-51(48)46-34-45(43-16-7-8-17-44(43)52(46)56-50)53-54-47-18-9-10-20-49(47)57-53/h1-34H. The van der Waals surface area contributed by atoms with Gasteiger partial charge in [0.15, 0.2) is 5.58 Å². The first-order chi connectivity index (χ1) is 28.2. The van der Waals surface area contributed by atoms with Gasteiger partial charge < -0.3 is 13.7 Å². The molecule has 0 saturated heterocycles. The van der Waals surface area contributed by atoms with Crippen LogP contribution in [0.25, 0.3) is 88.6 Å². The van der Waals surface area contributed by atoms with Gasteiger partial charge in [0.2, 0.25) is 5.89 Å². The van der Waals surface area contributed by atoms with Gasteiger partial charge in [-0.05, 0) is 93.4 Å². The van der Waals surface area contributed by atoms with Gasteiger partial charge in [-0.15, -0.1) is 0 Å². The van der Waals surface area contributed by atoms with Gasteiger partial charge in [0.25, 0.3) is 0 Å². The lowest BCUT2D eigenvalue weighted by molar-refractivity contribution is 0.620. The molecule has 57 heavy (non-hydrogen) atoms. The summed E-state index contributed by atoms with van der Waals surface area (Å²) in [6.45, 7) is 0. The van der Waals surface area contributed by atoms with E-state index in [1.165, 1.54) is 22.3 Å². The van der Waals surface area contributed by atoms with Crippen LogP contribution in [-0.4, -0.2) is 4.98 Å². The maximum absolute atomic E-state index is 6.80. The van der Waals surface area contributed by atoms with Crippen molar-refractivity contribution in [2.75, 3.05) is 4.90 Å². The minimum atomic E-state index is 0.585. The molecule has 9 aromatic carbocycles. The summed E-state index contributed by atoms with van der Waals surface area (Å²) in [6, 6.07) is 72.3. The normalized spacial score (nSPS) is 11.5. The Hall–Kier alpha value is -7.69. The van der Waals surface area contributed by atoms with Crippen molar-refractivity contribution in [3.8, 4) is 44.8 Å². The molecular formula is C53H34N2O2. The van der Waals surface area contributed by atoms with Gasteiger partial charge in [0.1, 0.15) is 16.7 Å². The summed E-state index contributed by atoms with van der Waals surface area (Å²) >= 11 is 0. The van der Waals surface area contributed by atoms with E-state index in [-0.39, 0.29) is 0 Å². The molecule has 0 unspecified atom stereocenters. The minimum absolute atomic E-state index is 0.585. The monoisotopic (exact) mass is 730 g/mol. The van der Waals surface area contributed by atoms with Crippen LogP contribution in [0.5, 0.6) is 0 Å². The maximum atomic E-state index is 6.80. The quantitative estimate of drug-likeness (QED) is 0.164. The van der Waals surface area contributed by atoms with Crippen molar-refractivity contribution in [3.63, 3.8) is 0 Å². The molecule has 0 bridgehead atoms. The summed E-state index contributed by atoms with van der Waals surface area (Å²) in [5, 5.41) is 4.05. The van der Waals surface area contributed by atoms with Crippen LogP contribution in [0.3, 0.4) is 0 Å². The molecule has 0 amide bonds. The number of hydrogen-bond donors (Lipinski definition) is 0. The second-order valence-corrected chi connectivity index (χ2v) is 14.3. The first kappa shape index (κ1) is 32.7. The summed E-state index contributed by atoms with van der Waals surface area (Å²) in [5.41, 5.74) is 14.3. The Labute approximate surface area is 329 Å². The van der Waals surface area contributed by atoms with Gasteiger partial charge in [-0.3, -0.25) is 0 Å². The van der Waals surface area contributed by atoms with E-state index in [0.29, 0.717) is 5.89 Å². The topological polar surface area (TPSA) is 42.4 Å². The molecule has 0 aliphatic heterocycles. The molecule has 4 heteroatoms. The van der Waals surface area contributed by atoms with E-state index < -0.39 is 0 Å². The molecule has 0 aliphatic rings. The van der Waals surface area contributed by atoms with Crippen LogP contribution in [-0.2, 0) is 0 Å². The molecule has 0 radical (unpaired) electrons. The fourth-order valence-corrected chi connectivity index (χ4v) is 8.13. The second kappa shape index (κ2) is 13.6. The first-order valence-corrected chi connectivity index (χ1v) is 19.2. The highest BCUT2D eigenvalue weighted by atomic mass is 16.3. The Balaban J connectivity index is 1.08. The maximum Gasteiger partial charge on any atom is 0.227 e. The van der Waals surface area contributed by atoms with E-state index >= 15 is 0 Å². The molecule has 0 atom stereocenters. The Morgan fingerprint density at radius 3 is 1.46 bits per heavy atom. The molecule has 11 rings (SSSR count). The van der Waals surface area contributed by atoms with Gasteiger partial charge in [-0.2, -0.15) is 0 Å². The molecule has 0 N–H and O–H groups in total. The lowest BCUT2D eigenvalue weighted by atomic mass is 9.98. The van der Waals surface area contributed by atoms with Crippen LogP contribution in [0.2, 0.25) is 0 Å². The third kappa shape index (κ3) is 5.74. The van der Waals surface area contributed by atoms with Crippen molar-refractivity contribution >= 4 is 60.9 Å². The third-order valence-electron chi connectivity index (χ3n) is 10.9. The van der Waals surface area contributed by atoms with Gasteiger partial charge in [-0.25, -0.2) is 4.98 Å². The molecule has 0 aliphatic carbocycles. The minimum Gasteiger partial charge on any atom is -0.455 e. The average molecular weight is 731 g/mol. The van der Waals surface area contributed by atoms with Gasteiger partial charge >= 0.3 is 0 Å². The van der Waals surface area contributed by atoms with E-state index in [0.717, 1.165) is 77.6 Å². The number of rotatable bonds is 7. The summed E-state index contributed by atoms with van der Waals surface area (Å²) in [5.74, 6) is 0.585. The predicted molar refractivity (Wildman–Crippen MR) is 235 cm³/mol. The van der Waals surface area contributed by atoms with E-state index in [1.807, 2.05) is 24.3 Å². The Morgan fingerprint density at radius 1 is 0.368 bits per heavy atom. The number of para-hydroxylation sites is 2. The van der Waals surface area contributed by atoms with Gasteiger partial charge in [0.05, 0.1) is 11.1 Å². The van der Waals surface area contributed by atoms with Crippen molar-refractivity contribution in [1.82, 2.24) is 4.98 Å². The molecule has 2 aromatic heterocycles. The Bertz CT molecular complexity index is 3170. The Kier molecular flexibility index (Phi) is 7.78. The van der Waals surface area contributed by atoms with Gasteiger partial charge in [0, 0.05) is 27.7 Å². The van der Waals surface area contributed by atoms with Crippen LogP contribution >= 0.6 is 0 Å². The number of anilines is 3. The highest BCUT2D eigenvalue weighted by molar-refractivity contribution is 6.22. The average Bonchev–Trinajstić information content (AvgIpc) is 3.90. The molecule has 11 aromatic rings. The number of aromatic nitrogens is 1. The lowest BCUT2D eigenvalue weighted by Gasteiger charge is -2.26. The summed E-state index contributed by atoms with van der Waals surface area (Å²) in [6.07, 6.45) is 0. The van der Waals surface area contributed by atoms with E-state index in [2.05, 4.69) is 187 Å². The third-order valence-corrected chi connectivity index (χ3v) is 10.9. The smallest absolute Gasteiger partial charge is 0.227 e. The Morgan fingerprint density at radius 2 is 0.860 bits per heavy atom. The fourth-order valence-electron chi connectivity index (χ4n) is 8.13. The first-order valence-electron chi connectivity index (χ1n) is 19.2. The number of oxazole rings is 1. The van der Waals surface area contributed by atoms with Gasteiger partial charge in [-0.1, -0.05) is 152 Å². The van der Waals surface area contributed by atoms with Crippen molar-refractivity contribution < 1.29 is 8.83 Å². The molecule has 0 fully saturated rings. The lowest BCUT2D eigenvalue weighted by Crippen LogP contribution is -2.10. The largest absolute Gasteiger partial charge is 0.455 e. The molecule has 0 saturated carbocycles. The second-order valence-electron chi connectivity index (χ2n) is 14.3. The van der Waals surface area contributed by atoms with Crippen molar-refractivity contribution in [2.45, 2.75) is 0 Å². The molecule has 0 spiro atoms. The number of furan rings is 1. The van der Waals surface area contributed by atoms with Crippen LogP contribution in [0.4, 0.5) is 17.1 Å². The number of benzene rings is 9. The molecule has 2 heterocycles. The zero-order valence-electron chi connectivity index (χ0n) is 30.8. The number of fused-ring (bicyclic) bond motifs is 6. The molecular weight excluding hydrogens is 697 g/mol. The molecule has 4 nitrogen and oxygen atoms in total. The predicted octanol–water partition coefficient (Wildman–Crippen LogP) is 15.0. The van der Waals surface area contributed by atoms with E-state index in [4.69, 9.17) is 13.8 Å². The highest BCUT2D eigenvalue weighted by Gasteiger charge is 2.23. The molecule has 268 valence electrons. The summed E-state index contributed by atoms with van der Waals surface area (Å²) in [7, 11) is 0. The van der Waals surface area contributed by atoms with Crippen molar-refractivity contribution in [2.24, 2.45) is 0 Å². The number of hydrogen-bond acceptors (Lipinski definition) is 4. The van der Waals surface area contributed by atoms with Crippen LogP contribution in [0.15, 0.2) is 215 Å². The zero-order valence-corrected chi connectivity index (χ0v) is 30.8. The van der Waals surface area contributed by atoms with Crippen LogP contribution in [0, 0.1) is 0 Å². The number of nitrogens with zero attached hydrogens (tertiary/aromatic N) is 2. The van der Waals surface area contributed by atoms with Crippen LogP contribution in [0.1, 0.15) is 0 Å². The summed E-state index contributed by atoms with van der Waals surface area (Å²) in [4.78, 5) is 7.27. The van der Waals surface area contributed by atoms with E-state index in [9.17, 15) is 0 Å². The zero-order chi connectivity index (χ0) is 37.7. The highest BCUT2D eigenvalue weighted by Crippen LogP contribution is 2.47. The summed E-state index contributed by atoms with van der Waals surface area (Å²) < 4.78 is 13.2. The van der Waals surface area contributed by atoms with Crippen LogP contribution < -0.4 is 4.90 Å².